The molecule has 1 aliphatic rings. The van der Waals surface area contributed by atoms with E-state index in [0.717, 1.165) is 31.7 Å². The molecule has 0 aromatic heterocycles. The molecule has 0 bridgehead atoms. The van der Waals surface area contributed by atoms with E-state index in [1.165, 1.54) is 5.56 Å². The zero-order valence-corrected chi connectivity index (χ0v) is 13.0. The highest BCUT2D eigenvalue weighted by atomic mass is 16.2. The third kappa shape index (κ3) is 3.37. The van der Waals surface area contributed by atoms with Gasteiger partial charge in [0, 0.05) is 37.8 Å². The lowest BCUT2D eigenvalue weighted by atomic mass is 10.1. The first-order chi connectivity index (χ1) is 10.7. The lowest BCUT2D eigenvalue weighted by molar-refractivity contribution is 0.0475. The van der Waals surface area contributed by atoms with Gasteiger partial charge in [0.05, 0.1) is 0 Å². The molecule has 1 atom stereocenters. The van der Waals surface area contributed by atoms with E-state index in [9.17, 15) is 4.79 Å². The number of carbonyl (C=O) groups is 1. The van der Waals surface area contributed by atoms with E-state index in [2.05, 4.69) is 36.1 Å². The number of nitrogens with zero attached hydrogens (tertiary/aromatic N) is 2. The molecule has 0 spiro atoms. The molecular weight excluding hydrogens is 272 g/mol. The van der Waals surface area contributed by atoms with Crippen LogP contribution in [0.2, 0.25) is 0 Å². The Kier molecular flexibility index (Phi) is 4.54. The summed E-state index contributed by atoms with van der Waals surface area (Å²) >= 11 is 0. The Hall–Kier alpha value is -2.13. The van der Waals surface area contributed by atoms with Crippen LogP contribution in [0, 0.1) is 0 Å². The zero-order chi connectivity index (χ0) is 15.4. The van der Waals surface area contributed by atoms with Crippen molar-refractivity contribution < 1.29 is 4.79 Å². The quantitative estimate of drug-likeness (QED) is 0.868. The monoisotopic (exact) mass is 294 g/mol. The van der Waals surface area contributed by atoms with E-state index in [-0.39, 0.29) is 11.9 Å². The average molecular weight is 294 g/mol. The van der Waals surface area contributed by atoms with E-state index < -0.39 is 0 Å². The smallest absolute Gasteiger partial charge is 0.254 e. The van der Waals surface area contributed by atoms with Gasteiger partial charge in [-0.2, -0.15) is 0 Å². The SMILES string of the molecule is C[C@H]1CN(Cc2ccccc2)CCN1C(=O)c1ccccc1. The van der Waals surface area contributed by atoms with Gasteiger partial charge in [0.2, 0.25) is 0 Å². The Bertz CT molecular complexity index is 612. The van der Waals surface area contributed by atoms with Crippen molar-refractivity contribution in [2.45, 2.75) is 19.5 Å². The number of benzene rings is 2. The fourth-order valence-corrected chi connectivity index (χ4v) is 3.07. The molecule has 0 unspecified atom stereocenters. The van der Waals surface area contributed by atoms with Crippen LogP contribution in [0.15, 0.2) is 60.7 Å². The molecule has 114 valence electrons. The van der Waals surface area contributed by atoms with Crippen LogP contribution in [-0.2, 0) is 6.54 Å². The van der Waals surface area contributed by atoms with E-state index in [1.54, 1.807) is 0 Å². The van der Waals surface area contributed by atoms with Gasteiger partial charge in [-0.15, -0.1) is 0 Å². The number of rotatable bonds is 3. The topological polar surface area (TPSA) is 23.6 Å². The number of hydrogen-bond donors (Lipinski definition) is 0. The summed E-state index contributed by atoms with van der Waals surface area (Å²) in [7, 11) is 0. The second-order valence-corrected chi connectivity index (χ2v) is 5.93. The second kappa shape index (κ2) is 6.75. The Morgan fingerprint density at radius 1 is 1.00 bits per heavy atom. The Morgan fingerprint density at radius 2 is 1.64 bits per heavy atom. The minimum atomic E-state index is 0.146. The summed E-state index contributed by atoms with van der Waals surface area (Å²) < 4.78 is 0. The van der Waals surface area contributed by atoms with Crippen molar-refractivity contribution >= 4 is 5.91 Å². The lowest BCUT2D eigenvalue weighted by Crippen LogP contribution is -2.53. The molecule has 22 heavy (non-hydrogen) atoms. The van der Waals surface area contributed by atoms with Gasteiger partial charge in [0.1, 0.15) is 0 Å². The summed E-state index contributed by atoms with van der Waals surface area (Å²) in [6, 6.07) is 20.3. The Balaban J connectivity index is 1.62. The maximum Gasteiger partial charge on any atom is 0.254 e. The van der Waals surface area contributed by atoms with E-state index in [0.29, 0.717) is 0 Å². The fraction of sp³-hybridized carbons (Fsp3) is 0.316. The fourth-order valence-electron chi connectivity index (χ4n) is 3.07. The van der Waals surface area contributed by atoms with Gasteiger partial charge >= 0.3 is 0 Å². The number of carbonyl (C=O) groups excluding carboxylic acids is 1. The number of amides is 1. The van der Waals surface area contributed by atoms with Crippen molar-refractivity contribution in [2.24, 2.45) is 0 Å². The highest BCUT2D eigenvalue weighted by Gasteiger charge is 2.27. The van der Waals surface area contributed by atoms with Crippen LogP contribution < -0.4 is 0 Å². The molecule has 0 aliphatic carbocycles. The number of hydrogen-bond acceptors (Lipinski definition) is 2. The molecule has 3 heteroatoms. The second-order valence-electron chi connectivity index (χ2n) is 5.93. The van der Waals surface area contributed by atoms with Crippen LogP contribution in [0.25, 0.3) is 0 Å². The summed E-state index contributed by atoms with van der Waals surface area (Å²) in [4.78, 5) is 17.0. The van der Waals surface area contributed by atoms with Gasteiger partial charge in [-0.05, 0) is 24.6 Å². The van der Waals surface area contributed by atoms with Gasteiger partial charge in [0.15, 0.2) is 0 Å². The third-order valence-electron chi connectivity index (χ3n) is 4.24. The lowest BCUT2D eigenvalue weighted by Gasteiger charge is -2.40. The van der Waals surface area contributed by atoms with Crippen LogP contribution in [0.5, 0.6) is 0 Å². The van der Waals surface area contributed by atoms with E-state index >= 15 is 0 Å². The summed E-state index contributed by atoms with van der Waals surface area (Å²) in [5.74, 6) is 0.146. The summed E-state index contributed by atoms with van der Waals surface area (Å²) in [6.07, 6.45) is 0. The van der Waals surface area contributed by atoms with Gasteiger partial charge in [0.25, 0.3) is 5.91 Å². The van der Waals surface area contributed by atoms with E-state index in [4.69, 9.17) is 0 Å². The molecule has 1 saturated heterocycles. The Labute approximate surface area is 132 Å². The molecule has 1 fully saturated rings. The molecule has 1 heterocycles. The molecule has 2 aromatic carbocycles. The van der Waals surface area contributed by atoms with Crippen LogP contribution in [0.3, 0.4) is 0 Å². The van der Waals surface area contributed by atoms with Gasteiger partial charge in [-0.25, -0.2) is 0 Å². The zero-order valence-electron chi connectivity index (χ0n) is 13.0. The van der Waals surface area contributed by atoms with Crippen LogP contribution >= 0.6 is 0 Å². The minimum absolute atomic E-state index is 0.146. The van der Waals surface area contributed by atoms with Crippen LogP contribution in [-0.4, -0.2) is 41.4 Å². The van der Waals surface area contributed by atoms with Crippen molar-refractivity contribution in [1.82, 2.24) is 9.80 Å². The van der Waals surface area contributed by atoms with Crippen molar-refractivity contribution in [3.8, 4) is 0 Å². The molecule has 1 amide bonds. The third-order valence-corrected chi connectivity index (χ3v) is 4.24. The molecule has 3 nitrogen and oxygen atoms in total. The molecule has 1 aliphatic heterocycles. The maximum atomic E-state index is 12.6. The molecule has 3 rings (SSSR count). The molecule has 2 aromatic rings. The molecule has 0 saturated carbocycles. The molecule has 0 radical (unpaired) electrons. The van der Waals surface area contributed by atoms with Crippen LogP contribution in [0.1, 0.15) is 22.8 Å². The highest BCUT2D eigenvalue weighted by molar-refractivity contribution is 5.94. The van der Waals surface area contributed by atoms with Crippen LogP contribution in [0.4, 0.5) is 0 Å². The highest BCUT2D eigenvalue weighted by Crippen LogP contribution is 2.16. The largest absolute Gasteiger partial charge is 0.333 e. The normalized spacial score (nSPS) is 19.1. The molecular formula is C19H22N2O. The van der Waals surface area contributed by atoms with Gasteiger partial charge in [-0.1, -0.05) is 48.5 Å². The standard InChI is InChI=1S/C19H22N2O/c1-16-14-20(15-17-8-4-2-5-9-17)12-13-21(16)19(22)18-10-6-3-7-11-18/h2-11,16H,12-15H2,1H3/t16-/m0/s1. The first-order valence-corrected chi connectivity index (χ1v) is 7.86. The first kappa shape index (κ1) is 14.8. The first-order valence-electron chi connectivity index (χ1n) is 7.86. The summed E-state index contributed by atoms with van der Waals surface area (Å²) in [5, 5.41) is 0. The van der Waals surface area contributed by atoms with Crippen molar-refractivity contribution in [1.29, 1.82) is 0 Å². The van der Waals surface area contributed by atoms with Gasteiger partial charge < -0.3 is 4.90 Å². The van der Waals surface area contributed by atoms with Crippen molar-refractivity contribution in [3.05, 3.63) is 71.8 Å². The summed E-state index contributed by atoms with van der Waals surface area (Å²) in [6.45, 7) is 5.74. The van der Waals surface area contributed by atoms with Crippen molar-refractivity contribution in [2.75, 3.05) is 19.6 Å². The maximum absolute atomic E-state index is 12.6. The minimum Gasteiger partial charge on any atom is -0.333 e. The van der Waals surface area contributed by atoms with Gasteiger partial charge in [-0.3, -0.25) is 9.69 Å². The average Bonchev–Trinajstić information content (AvgIpc) is 2.56. The van der Waals surface area contributed by atoms with Crippen molar-refractivity contribution in [3.63, 3.8) is 0 Å². The van der Waals surface area contributed by atoms with E-state index in [1.807, 2.05) is 41.3 Å². The predicted octanol–water partition coefficient (Wildman–Crippen LogP) is 3.03. The number of piperazine rings is 1. The molecule has 0 N–H and O–H groups in total. The summed E-state index contributed by atoms with van der Waals surface area (Å²) in [5.41, 5.74) is 2.11. The Morgan fingerprint density at radius 3 is 2.27 bits per heavy atom. The predicted molar refractivity (Wildman–Crippen MR) is 88.7 cm³/mol.